The van der Waals surface area contributed by atoms with Crippen molar-refractivity contribution in [3.05, 3.63) is 33.8 Å². The normalized spacial score (nSPS) is 24.6. The standard InChI is InChI=1S/C17H25Cl2N/c1-3-12-4-7-14(8-5-12)17(20-2)11-13-6-9-15(18)16(19)10-13/h6,9-10,12,14,17,20H,3-5,7-8,11H2,1-2H3. The molecule has 1 fully saturated rings. The highest BCUT2D eigenvalue weighted by Crippen LogP contribution is 2.33. The Morgan fingerprint density at radius 3 is 2.40 bits per heavy atom. The Balaban J connectivity index is 1.96. The molecular weight excluding hydrogens is 289 g/mol. The molecular formula is C17H25Cl2N. The predicted octanol–water partition coefficient (Wildman–Crippen LogP) is 5.34. The zero-order chi connectivity index (χ0) is 14.5. The first-order valence-electron chi connectivity index (χ1n) is 7.75. The maximum atomic E-state index is 6.11. The Hall–Kier alpha value is -0.240. The van der Waals surface area contributed by atoms with Gasteiger partial charge in [0, 0.05) is 6.04 Å². The molecule has 0 radical (unpaired) electrons. The van der Waals surface area contributed by atoms with Crippen molar-refractivity contribution >= 4 is 23.2 Å². The van der Waals surface area contributed by atoms with Gasteiger partial charge in [-0.25, -0.2) is 0 Å². The maximum absolute atomic E-state index is 6.11. The summed E-state index contributed by atoms with van der Waals surface area (Å²) in [7, 11) is 2.08. The van der Waals surface area contributed by atoms with Gasteiger partial charge in [-0.2, -0.15) is 0 Å². The van der Waals surface area contributed by atoms with Gasteiger partial charge in [-0.15, -0.1) is 0 Å². The van der Waals surface area contributed by atoms with Gasteiger partial charge in [-0.3, -0.25) is 0 Å². The van der Waals surface area contributed by atoms with Crippen LogP contribution >= 0.6 is 23.2 Å². The molecule has 1 N–H and O–H groups in total. The molecule has 0 aromatic heterocycles. The number of hydrogen-bond acceptors (Lipinski definition) is 1. The summed E-state index contributed by atoms with van der Waals surface area (Å²) in [6.45, 7) is 2.32. The number of halogens is 2. The molecule has 2 rings (SSSR count). The molecule has 1 nitrogen and oxygen atoms in total. The molecule has 1 aliphatic carbocycles. The van der Waals surface area contributed by atoms with E-state index < -0.39 is 0 Å². The molecule has 1 unspecified atom stereocenters. The second-order valence-corrected chi connectivity index (χ2v) is 6.85. The first-order valence-corrected chi connectivity index (χ1v) is 8.50. The molecule has 0 bridgehead atoms. The van der Waals surface area contributed by atoms with Crippen LogP contribution in [0.4, 0.5) is 0 Å². The van der Waals surface area contributed by atoms with Crippen molar-refractivity contribution < 1.29 is 0 Å². The SMILES string of the molecule is CCC1CCC(C(Cc2ccc(Cl)c(Cl)c2)NC)CC1. The number of benzene rings is 1. The fraction of sp³-hybridized carbons (Fsp3) is 0.647. The van der Waals surface area contributed by atoms with Crippen molar-refractivity contribution in [1.29, 1.82) is 0 Å². The smallest absolute Gasteiger partial charge is 0.0595 e. The number of rotatable bonds is 5. The number of hydrogen-bond donors (Lipinski definition) is 1. The van der Waals surface area contributed by atoms with Gasteiger partial charge in [0.1, 0.15) is 0 Å². The lowest BCUT2D eigenvalue weighted by atomic mass is 9.76. The highest BCUT2D eigenvalue weighted by atomic mass is 35.5. The molecule has 0 spiro atoms. The van der Waals surface area contributed by atoms with Crippen LogP contribution in [0.15, 0.2) is 18.2 Å². The second kappa shape index (κ2) is 7.68. The second-order valence-electron chi connectivity index (χ2n) is 6.04. The lowest BCUT2D eigenvalue weighted by Crippen LogP contribution is -2.37. The molecule has 0 amide bonds. The van der Waals surface area contributed by atoms with Crippen molar-refractivity contribution in [2.24, 2.45) is 11.8 Å². The topological polar surface area (TPSA) is 12.0 Å². The Kier molecular flexibility index (Phi) is 6.20. The summed E-state index contributed by atoms with van der Waals surface area (Å²) >= 11 is 12.1. The zero-order valence-corrected chi connectivity index (χ0v) is 14.0. The van der Waals surface area contributed by atoms with E-state index in [2.05, 4.69) is 25.4 Å². The molecule has 20 heavy (non-hydrogen) atoms. The van der Waals surface area contributed by atoms with Crippen LogP contribution in [0, 0.1) is 11.8 Å². The van der Waals surface area contributed by atoms with Crippen LogP contribution in [-0.4, -0.2) is 13.1 Å². The quantitative estimate of drug-likeness (QED) is 0.773. The summed E-state index contributed by atoms with van der Waals surface area (Å²) in [6, 6.07) is 6.55. The van der Waals surface area contributed by atoms with E-state index in [9.17, 15) is 0 Å². The van der Waals surface area contributed by atoms with E-state index in [-0.39, 0.29) is 0 Å². The van der Waals surface area contributed by atoms with Crippen LogP contribution < -0.4 is 5.32 Å². The number of nitrogens with one attached hydrogen (secondary N) is 1. The predicted molar refractivity (Wildman–Crippen MR) is 88.8 cm³/mol. The Bertz CT molecular complexity index is 425. The lowest BCUT2D eigenvalue weighted by molar-refractivity contribution is 0.222. The highest BCUT2D eigenvalue weighted by molar-refractivity contribution is 6.42. The Morgan fingerprint density at radius 1 is 1.15 bits per heavy atom. The van der Waals surface area contributed by atoms with E-state index in [4.69, 9.17) is 23.2 Å². The van der Waals surface area contributed by atoms with Gasteiger partial charge in [-0.1, -0.05) is 55.5 Å². The van der Waals surface area contributed by atoms with Crippen LogP contribution in [0.3, 0.4) is 0 Å². The van der Waals surface area contributed by atoms with Gasteiger partial charge in [0.2, 0.25) is 0 Å². The molecule has 112 valence electrons. The largest absolute Gasteiger partial charge is 0.316 e. The summed E-state index contributed by atoms with van der Waals surface area (Å²) in [6.07, 6.45) is 7.86. The van der Waals surface area contributed by atoms with Crippen LogP contribution in [0.1, 0.15) is 44.6 Å². The molecule has 0 aliphatic heterocycles. The number of likely N-dealkylation sites (N-methyl/N-ethyl adjacent to an activating group) is 1. The lowest BCUT2D eigenvalue weighted by Gasteiger charge is -2.33. The van der Waals surface area contributed by atoms with E-state index in [0.717, 1.165) is 18.3 Å². The third-order valence-electron chi connectivity index (χ3n) is 4.85. The third-order valence-corrected chi connectivity index (χ3v) is 5.59. The highest BCUT2D eigenvalue weighted by Gasteiger charge is 2.26. The minimum atomic E-state index is 0.546. The van der Waals surface area contributed by atoms with Gasteiger partial charge in [-0.05, 0) is 55.8 Å². The van der Waals surface area contributed by atoms with Crippen LogP contribution in [0.25, 0.3) is 0 Å². The van der Waals surface area contributed by atoms with Gasteiger partial charge in [0.05, 0.1) is 10.0 Å². The molecule has 1 atom stereocenters. The fourth-order valence-electron chi connectivity index (χ4n) is 3.42. The summed E-state index contributed by atoms with van der Waals surface area (Å²) < 4.78 is 0. The van der Waals surface area contributed by atoms with Gasteiger partial charge in [0.25, 0.3) is 0 Å². The molecule has 1 aromatic rings. The average molecular weight is 314 g/mol. The summed E-state index contributed by atoms with van der Waals surface area (Å²) in [4.78, 5) is 0. The maximum Gasteiger partial charge on any atom is 0.0595 e. The summed E-state index contributed by atoms with van der Waals surface area (Å²) in [5.41, 5.74) is 1.27. The Labute approximate surface area is 133 Å². The Morgan fingerprint density at radius 2 is 1.85 bits per heavy atom. The van der Waals surface area contributed by atoms with E-state index in [0.29, 0.717) is 16.1 Å². The van der Waals surface area contributed by atoms with Crippen molar-refractivity contribution in [1.82, 2.24) is 5.32 Å². The van der Waals surface area contributed by atoms with E-state index >= 15 is 0 Å². The molecule has 1 aromatic carbocycles. The fourth-order valence-corrected chi connectivity index (χ4v) is 3.74. The van der Waals surface area contributed by atoms with E-state index in [1.54, 1.807) is 0 Å². The van der Waals surface area contributed by atoms with Crippen LogP contribution in [0.2, 0.25) is 10.0 Å². The molecule has 0 saturated heterocycles. The zero-order valence-electron chi connectivity index (χ0n) is 12.5. The first-order chi connectivity index (χ1) is 9.63. The minimum Gasteiger partial charge on any atom is -0.316 e. The van der Waals surface area contributed by atoms with Crippen molar-refractivity contribution in [2.45, 2.75) is 51.5 Å². The summed E-state index contributed by atoms with van der Waals surface area (Å²) in [5.74, 6) is 1.74. The van der Waals surface area contributed by atoms with Gasteiger partial charge in [0.15, 0.2) is 0 Å². The monoisotopic (exact) mass is 313 g/mol. The van der Waals surface area contributed by atoms with E-state index in [1.165, 1.54) is 37.7 Å². The molecule has 3 heteroatoms. The molecule has 1 saturated carbocycles. The van der Waals surface area contributed by atoms with Crippen LogP contribution in [-0.2, 0) is 6.42 Å². The molecule has 1 aliphatic rings. The van der Waals surface area contributed by atoms with E-state index in [1.807, 2.05) is 12.1 Å². The summed E-state index contributed by atoms with van der Waals surface area (Å²) in [5, 5.41) is 4.81. The van der Waals surface area contributed by atoms with Gasteiger partial charge < -0.3 is 5.32 Å². The minimum absolute atomic E-state index is 0.546. The molecule has 0 heterocycles. The average Bonchev–Trinajstić information content (AvgIpc) is 2.48. The first kappa shape index (κ1) is 16.1. The van der Waals surface area contributed by atoms with Crippen LogP contribution in [0.5, 0.6) is 0 Å². The van der Waals surface area contributed by atoms with Crippen molar-refractivity contribution in [3.63, 3.8) is 0 Å². The third kappa shape index (κ3) is 4.13. The van der Waals surface area contributed by atoms with Gasteiger partial charge >= 0.3 is 0 Å². The van der Waals surface area contributed by atoms with Crippen molar-refractivity contribution in [3.8, 4) is 0 Å². The van der Waals surface area contributed by atoms with Crippen molar-refractivity contribution in [2.75, 3.05) is 7.05 Å².